The second kappa shape index (κ2) is 4.96. The molecule has 0 N–H and O–H groups in total. The van der Waals surface area contributed by atoms with Crippen molar-refractivity contribution < 1.29 is 9.53 Å². The van der Waals surface area contributed by atoms with Crippen LogP contribution in [0.2, 0.25) is 0 Å². The molecule has 2 rings (SSSR count). The van der Waals surface area contributed by atoms with E-state index in [0.717, 1.165) is 22.0 Å². The van der Waals surface area contributed by atoms with Crippen LogP contribution < -0.4 is 0 Å². The van der Waals surface area contributed by atoms with Gasteiger partial charge in [0.05, 0.1) is 11.9 Å². The molecule has 0 spiro atoms. The van der Waals surface area contributed by atoms with E-state index in [0.29, 0.717) is 0 Å². The fourth-order valence-electron chi connectivity index (χ4n) is 1.89. The molecule has 0 saturated heterocycles. The van der Waals surface area contributed by atoms with E-state index >= 15 is 0 Å². The van der Waals surface area contributed by atoms with Crippen LogP contribution in [0.4, 0.5) is 0 Å². The third-order valence-electron chi connectivity index (χ3n) is 2.60. The van der Waals surface area contributed by atoms with E-state index in [9.17, 15) is 4.79 Å². The minimum atomic E-state index is -0.459. The third kappa shape index (κ3) is 3.50. The molecule has 0 aliphatic heterocycles. The molecule has 4 nitrogen and oxygen atoms in total. The molecule has 100 valence electrons. The monoisotopic (exact) mass is 258 g/mol. The van der Waals surface area contributed by atoms with E-state index in [1.165, 1.54) is 0 Å². The summed E-state index contributed by atoms with van der Waals surface area (Å²) in [6.45, 7) is 7.54. The number of pyridine rings is 2. The summed E-state index contributed by atoms with van der Waals surface area (Å²) in [5.41, 5.74) is 2.33. The Morgan fingerprint density at radius 3 is 2.68 bits per heavy atom. The van der Waals surface area contributed by atoms with Crippen molar-refractivity contribution in [2.45, 2.75) is 39.7 Å². The molecule has 0 saturated carbocycles. The molecule has 2 aromatic rings. The number of carbonyl (C=O) groups is 1. The van der Waals surface area contributed by atoms with Gasteiger partial charge in [0.2, 0.25) is 0 Å². The molecule has 0 aliphatic carbocycles. The van der Waals surface area contributed by atoms with Crippen molar-refractivity contribution in [3.8, 4) is 0 Å². The number of hydrogen-bond donors (Lipinski definition) is 0. The Morgan fingerprint density at radius 2 is 2.00 bits per heavy atom. The highest BCUT2D eigenvalue weighted by atomic mass is 16.6. The maximum atomic E-state index is 11.8. The zero-order chi connectivity index (χ0) is 14.0. The van der Waals surface area contributed by atoms with Gasteiger partial charge in [-0.05, 0) is 44.9 Å². The number of nitrogens with zero attached hydrogens (tertiary/aromatic N) is 2. The molecule has 0 aromatic carbocycles. The zero-order valence-electron chi connectivity index (χ0n) is 11.7. The normalized spacial score (nSPS) is 11.6. The highest BCUT2D eigenvalue weighted by Gasteiger charge is 2.16. The largest absolute Gasteiger partial charge is 0.460 e. The predicted molar refractivity (Wildman–Crippen MR) is 73.8 cm³/mol. The van der Waals surface area contributed by atoms with Gasteiger partial charge in [0.25, 0.3) is 0 Å². The molecule has 0 atom stereocenters. The van der Waals surface area contributed by atoms with Crippen molar-refractivity contribution in [1.29, 1.82) is 0 Å². The lowest BCUT2D eigenvalue weighted by Crippen LogP contribution is -2.24. The second-order valence-electron chi connectivity index (χ2n) is 5.63. The van der Waals surface area contributed by atoms with E-state index in [4.69, 9.17) is 4.74 Å². The lowest BCUT2D eigenvalue weighted by atomic mass is 10.1. The number of ether oxygens (including phenoxy) is 1. The van der Waals surface area contributed by atoms with Crippen LogP contribution in [0.3, 0.4) is 0 Å². The van der Waals surface area contributed by atoms with Gasteiger partial charge in [0.1, 0.15) is 5.60 Å². The summed E-state index contributed by atoms with van der Waals surface area (Å²) in [5, 5.41) is 0.945. The fourth-order valence-corrected chi connectivity index (χ4v) is 1.89. The topological polar surface area (TPSA) is 52.1 Å². The van der Waals surface area contributed by atoms with Gasteiger partial charge >= 0.3 is 5.97 Å². The van der Waals surface area contributed by atoms with Gasteiger partial charge in [0.15, 0.2) is 0 Å². The molecule has 4 heteroatoms. The fraction of sp³-hybridized carbons (Fsp3) is 0.400. The van der Waals surface area contributed by atoms with Gasteiger partial charge in [-0.15, -0.1) is 0 Å². The lowest BCUT2D eigenvalue weighted by molar-refractivity contribution is -0.153. The Kier molecular flexibility index (Phi) is 3.51. The average molecular weight is 258 g/mol. The molecule has 0 radical (unpaired) electrons. The number of aromatic nitrogens is 2. The van der Waals surface area contributed by atoms with E-state index in [1.54, 1.807) is 18.6 Å². The van der Waals surface area contributed by atoms with Crippen LogP contribution in [-0.4, -0.2) is 21.5 Å². The van der Waals surface area contributed by atoms with Crippen molar-refractivity contribution in [2.75, 3.05) is 0 Å². The molecule has 0 aliphatic rings. The minimum Gasteiger partial charge on any atom is -0.460 e. The highest BCUT2D eigenvalue weighted by molar-refractivity contribution is 5.82. The molecule has 19 heavy (non-hydrogen) atoms. The average Bonchev–Trinajstić information content (AvgIpc) is 2.26. The van der Waals surface area contributed by atoms with Crippen LogP contribution >= 0.6 is 0 Å². The maximum absolute atomic E-state index is 11.8. The van der Waals surface area contributed by atoms with E-state index in [-0.39, 0.29) is 12.4 Å². The first kappa shape index (κ1) is 13.5. The summed E-state index contributed by atoms with van der Waals surface area (Å²) in [6, 6.07) is 1.94. The van der Waals surface area contributed by atoms with Crippen LogP contribution in [0.25, 0.3) is 10.9 Å². The second-order valence-corrected chi connectivity index (χ2v) is 5.63. The lowest BCUT2D eigenvalue weighted by Gasteiger charge is -2.19. The van der Waals surface area contributed by atoms with Crippen LogP contribution in [-0.2, 0) is 16.0 Å². The van der Waals surface area contributed by atoms with Crippen molar-refractivity contribution in [3.63, 3.8) is 0 Å². The molecule has 2 heterocycles. The van der Waals surface area contributed by atoms with E-state index in [2.05, 4.69) is 9.97 Å². The maximum Gasteiger partial charge on any atom is 0.310 e. The SMILES string of the molecule is Cc1cncc2cc(CC(=O)OC(C)(C)C)cnc12. The van der Waals surface area contributed by atoms with Crippen molar-refractivity contribution in [3.05, 3.63) is 35.8 Å². The van der Waals surface area contributed by atoms with Crippen LogP contribution in [0.1, 0.15) is 31.9 Å². The number of esters is 1. The van der Waals surface area contributed by atoms with E-state index in [1.807, 2.05) is 33.8 Å². The summed E-state index contributed by atoms with van der Waals surface area (Å²) in [5.74, 6) is -0.241. The number of rotatable bonds is 2. The zero-order valence-corrected chi connectivity index (χ0v) is 11.7. The van der Waals surface area contributed by atoms with Crippen molar-refractivity contribution >= 4 is 16.9 Å². The Morgan fingerprint density at radius 1 is 1.26 bits per heavy atom. The summed E-state index contributed by atoms with van der Waals surface area (Å²) in [4.78, 5) is 20.3. The minimum absolute atomic E-state index is 0.230. The van der Waals surface area contributed by atoms with Gasteiger partial charge in [-0.25, -0.2) is 0 Å². The summed E-state index contributed by atoms with van der Waals surface area (Å²) in [7, 11) is 0. The summed E-state index contributed by atoms with van der Waals surface area (Å²) >= 11 is 0. The van der Waals surface area contributed by atoms with Gasteiger partial charge in [-0.2, -0.15) is 0 Å². The number of carbonyl (C=O) groups excluding carboxylic acids is 1. The molecule has 2 aromatic heterocycles. The quantitative estimate of drug-likeness (QED) is 0.777. The summed E-state index contributed by atoms with van der Waals surface area (Å²) in [6.07, 6.45) is 5.49. The van der Waals surface area contributed by atoms with Crippen LogP contribution in [0.15, 0.2) is 24.7 Å². The first-order valence-corrected chi connectivity index (χ1v) is 6.26. The number of fused-ring (bicyclic) bond motifs is 1. The van der Waals surface area contributed by atoms with Gasteiger partial charge in [0, 0.05) is 24.0 Å². The third-order valence-corrected chi connectivity index (χ3v) is 2.60. The number of hydrogen-bond acceptors (Lipinski definition) is 4. The first-order chi connectivity index (χ1) is 8.85. The van der Waals surface area contributed by atoms with E-state index < -0.39 is 5.60 Å². The standard InChI is InChI=1S/C15H18N2O2/c1-10-7-16-9-12-5-11(8-17-14(10)12)6-13(18)19-15(2,3)4/h5,7-9H,6H2,1-4H3. The smallest absolute Gasteiger partial charge is 0.310 e. The Labute approximate surface area is 112 Å². The van der Waals surface area contributed by atoms with Gasteiger partial charge < -0.3 is 4.74 Å². The Hall–Kier alpha value is -1.97. The van der Waals surface area contributed by atoms with Gasteiger partial charge in [-0.1, -0.05) is 0 Å². The predicted octanol–water partition coefficient (Wildman–Crippen LogP) is 2.82. The first-order valence-electron chi connectivity index (χ1n) is 6.26. The molecule has 0 unspecified atom stereocenters. The molecular formula is C15H18N2O2. The van der Waals surface area contributed by atoms with Crippen LogP contribution in [0.5, 0.6) is 0 Å². The van der Waals surface area contributed by atoms with Gasteiger partial charge in [-0.3, -0.25) is 14.8 Å². The highest BCUT2D eigenvalue weighted by Crippen LogP contribution is 2.16. The van der Waals surface area contributed by atoms with Crippen molar-refractivity contribution in [2.24, 2.45) is 0 Å². The number of aryl methyl sites for hydroxylation is 1. The Bertz CT molecular complexity index is 615. The molecular weight excluding hydrogens is 240 g/mol. The van der Waals surface area contributed by atoms with Crippen molar-refractivity contribution in [1.82, 2.24) is 9.97 Å². The summed E-state index contributed by atoms with van der Waals surface area (Å²) < 4.78 is 5.30. The molecule has 0 bridgehead atoms. The van der Waals surface area contributed by atoms with Crippen LogP contribution in [0, 0.1) is 6.92 Å². The molecule has 0 fully saturated rings. The Balaban J connectivity index is 2.20. The molecule has 0 amide bonds.